The first-order chi connectivity index (χ1) is 8.33. The van der Waals surface area contributed by atoms with Crippen molar-refractivity contribution in [2.24, 2.45) is 5.92 Å². The van der Waals surface area contributed by atoms with Crippen molar-refractivity contribution in [1.82, 2.24) is 4.90 Å². The van der Waals surface area contributed by atoms with Crippen LogP contribution in [0.1, 0.15) is 29.7 Å². The van der Waals surface area contributed by atoms with Crippen LogP contribution in [-0.2, 0) is 11.3 Å². The number of ether oxygens (including phenoxy) is 1. The van der Waals surface area contributed by atoms with Crippen molar-refractivity contribution in [3.05, 3.63) is 21.9 Å². The lowest BCUT2D eigenvalue weighted by Gasteiger charge is -2.24. The summed E-state index contributed by atoms with van der Waals surface area (Å²) in [7, 11) is 0. The van der Waals surface area contributed by atoms with Gasteiger partial charge in [-0.15, -0.1) is 11.3 Å². The molecule has 2 aliphatic rings. The van der Waals surface area contributed by atoms with Crippen LogP contribution in [0.5, 0.6) is 0 Å². The molecule has 0 spiro atoms. The Kier molecular flexibility index (Phi) is 3.50. The summed E-state index contributed by atoms with van der Waals surface area (Å²) in [5.74, 6) is 0.774. The molecule has 0 unspecified atom stereocenters. The summed E-state index contributed by atoms with van der Waals surface area (Å²) in [5, 5.41) is 2.22. The SMILES string of the molecule is Cc1ccsc1CN(C[C@H]1CCOC1)C1CC1. The molecule has 1 aliphatic heterocycles. The summed E-state index contributed by atoms with van der Waals surface area (Å²) in [6.07, 6.45) is 4.06. The van der Waals surface area contributed by atoms with Crippen LogP contribution >= 0.6 is 11.3 Å². The molecule has 2 nitrogen and oxygen atoms in total. The third-order valence-corrected chi connectivity index (χ3v) is 4.90. The van der Waals surface area contributed by atoms with E-state index in [1.807, 2.05) is 11.3 Å². The van der Waals surface area contributed by atoms with Gasteiger partial charge in [0.05, 0.1) is 6.61 Å². The zero-order valence-electron chi connectivity index (χ0n) is 10.5. The van der Waals surface area contributed by atoms with Crippen LogP contribution in [0.4, 0.5) is 0 Å². The first kappa shape index (κ1) is 11.7. The summed E-state index contributed by atoms with van der Waals surface area (Å²) in [5.41, 5.74) is 1.46. The van der Waals surface area contributed by atoms with E-state index < -0.39 is 0 Å². The second-order valence-corrected chi connectivity index (χ2v) is 6.42. The summed E-state index contributed by atoms with van der Waals surface area (Å²) >= 11 is 1.91. The van der Waals surface area contributed by atoms with Gasteiger partial charge in [0.15, 0.2) is 0 Å². The third-order valence-electron chi connectivity index (χ3n) is 3.89. The third kappa shape index (κ3) is 2.90. The van der Waals surface area contributed by atoms with E-state index in [0.29, 0.717) is 0 Å². The van der Waals surface area contributed by atoms with Crippen molar-refractivity contribution >= 4 is 11.3 Å². The minimum Gasteiger partial charge on any atom is -0.381 e. The van der Waals surface area contributed by atoms with Crippen LogP contribution in [-0.4, -0.2) is 30.7 Å². The predicted octanol–water partition coefficient (Wildman–Crippen LogP) is 3.06. The molecular formula is C14H21NOS. The summed E-state index contributed by atoms with van der Waals surface area (Å²) in [4.78, 5) is 4.24. The maximum Gasteiger partial charge on any atom is 0.0507 e. The second kappa shape index (κ2) is 5.09. The number of hydrogen-bond donors (Lipinski definition) is 0. The molecule has 1 aliphatic carbocycles. The van der Waals surface area contributed by atoms with Gasteiger partial charge in [0, 0.05) is 30.6 Å². The molecule has 1 saturated heterocycles. The van der Waals surface area contributed by atoms with Crippen LogP contribution in [0.2, 0.25) is 0 Å². The van der Waals surface area contributed by atoms with Gasteiger partial charge in [-0.05, 0) is 49.1 Å². The highest BCUT2D eigenvalue weighted by molar-refractivity contribution is 7.10. The molecule has 17 heavy (non-hydrogen) atoms. The second-order valence-electron chi connectivity index (χ2n) is 5.42. The Morgan fingerprint density at radius 2 is 2.29 bits per heavy atom. The van der Waals surface area contributed by atoms with Gasteiger partial charge in [-0.25, -0.2) is 0 Å². The highest BCUT2D eigenvalue weighted by Gasteiger charge is 2.31. The Balaban J connectivity index is 1.61. The average Bonchev–Trinajstić information content (AvgIpc) is 2.91. The maximum atomic E-state index is 5.49. The van der Waals surface area contributed by atoms with Gasteiger partial charge in [0.1, 0.15) is 0 Å². The van der Waals surface area contributed by atoms with Crippen molar-refractivity contribution in [3.8, 4) is 0 Å². The Hall–Kier alpha value is -0.380. The molecule has 94 valence electrons. The minimum atomic E-state index is 0.774. The first-order valence-electron chi connectivity index (χ1n) is 6.67. The van der Waals surface area contributed by atoms with Crippen molar-refractivity contribution in [3.63, 3.8) is 0 Å². The van der Waals surface area contributed by atoms with E-state index in [2.05, 4.69) is 23.3 Å². The topological polar surface area (TPSA) is 12.5 Å². The average molecular weight is 251 g/mol. The molecule has 0 radical (unpaired) electrons. The lowest BCUT2D eigenvalue weighted by Crippen LogP contribution is -2.31. The van der Waals surface area contributed by atoms with Gasteiger partial charge in [0.2, 0.25) is 0 Å². The van der Waals surface area contributed by atoms with E-state index in [1.54, 1.807) is 4.88 Å². The zero-order valence-corrected chi connectivity index (χ0v) is 11.3. The van der Waals surface area contributed by atoms with Gasteiger partial charge in [0.25, 0.3) is 0 Å². The fourth-order valence-corrected chi connectivity index (χ4v) is 3.52. The maximum absolute atomic E-state index is 5.49. The lowest BCUT2D eigenvalue weighted by molar-refractivity contribution is 0.162. The Morgan fingerprint density at radius 1 is 1.41 bits per heavy atom. The highest BCUT2D eigenvalue weighted by atomic mass is 32.1. The first-order valence-corrected chi connectivity index (χ1v) is 7.55. The van der Waals surface area contributed by atoms with Gasteiger partial charge in [-0.2, -0.15) is 0 Å². The highest BCUT2D eigenvalue weighted by Crippen LogP contribution is 2.31. The van der Waals surface area contributed by atoms with Crippen molar-refractivity contribution < 1.29 is 4.74 Å². The number of rotatable bonds is 5. The molecule has 3 rings (SSSR count). The number of nitrogens with zero attached hydrogens (tertiary/aromatic N) is 1. The van der Waals surface area contributed by atoms with E-state index in [-0.39, 0.29) is 0 Å². The molecule has 1 aromatic rings. The number of thiophene rings is 1. The van der Waals surface area contributed by atoms with Gasteiger partial charge >= 0.3 is 0 Å². The minimum absolute atomic E-state index is 0.774. The monoisotopic (exact) mass is 251 g/mol. The largest absolute Gasteiger partial charge is 0.381 e. The van der Waals surface area contributed by atoms with Crippen molar-refractivity contribution in [2.45, 2.75) is 38.8 Å². The molecule has 1 atom stereocenters. The molecule has 2 heterocycles. The molecule has 0 bridgehead atoms. The fourth-order valence-electron chi connectivity index (χ4n) is 2.59. The quantitative estimate of drug-likeness (QED) is 0.797. The molecular weight excluding hydrogens is 230 g/mol. The van der Waals surface area contributed by atoms with E-state index in [0.717, 1.165) is 31.7 Å². The van der Waals surface area contributed by atoms with Gasteiger partial charge < -0.3 is 4.74 Å². The molecule has 0 amide bonds. The van der Waals surface area contributed by atoms with Crippen molar-refractivity contribution in [2.75, 3.05) is 19.8 Å². The molecule has 1 saturated carbocycles. The number of aryl methyl sites for hydroxylation is 1. The Bertz CT molecular complexity index is 366. The molecule has 2 fully saturated rings. The lowest BCUT2D eigenvalue weighted by atomic mass is 10.1. The number of hydrogen-bond acceptors (Lipinski definition) is 3. The smallest absolute Gasteiger partial charge is 0.0507 e. The zero-order chi connectivity index (χ0) is 11.7. The van der Waals surface area contributed by atoms with Crippen LogP contribution in [0, 0.1) is 12.8 Å². The normalized spacial score (nSPS) is 24.7. The Labute approximate surface area is 108 Å². The van der Waals surface area contributed by atoms with Gasteiger partial charge in [-0.3, -0.25) is 4.90 Å². The van der Waals surface area contributed by atoms with Crippen molar-refractivity contribution in [1.29, 1.82) is 0 Å². The van der Waals surface area contributed by atoms with E-state index in [4.69, 9.17) is 4.74 Å². The van der Waals surface area contributed by atoms with E-state index in [1.165, 1.54) is 31.4 Å². The molecule has 1 aromatic heterocycles. The summed E-state index contributed by atoms with van der Waals surface area (Å²) < 4.78 is 5.49. The van der Waals surface area contributed by atoms with E-state index >= 15 is 0 Å². The molecule has 0 N–H and O–H groups in total. The Morgan fingerprint density at radius 3 is 2.88 bits per heavy atom. The van der Waals surface area contributed by atoms with Gasteiger partial charge in [-0.1, -0.05) is 0 Å². The van der Waals surface area contributed by atoms with E-state index in [9.17, 15) is 0 Å². The molecule has 3 heteroatoms. The summed E-state index contributed by atoms with van der Waals surface area (Å²) in [6.45, 7) is 6.58. The molecule has 0 aromatic carbocycles. The standard InChI is InChI=1S/C14H21NOS/c1-11-5-7-17-14(11)9-15(13-2-3-13)8-12-4-6-16-10-12/h5,7,12-13H,2-4,6,8-10H2,1H3/t12-/m1/s1. The van der Waals surface area contributed by atoms with Crippen LogP contribution in [0.3, 0.4) is 0 Å². The van der Waals surface area contributed by atoms with Crippen LogP contribution < -0.4 is 0 Å². The van der Waals surface area contributed by atoms with Crippen LogP contribution in [0.15, 0.2) is 11.4 Å². The predicted molar refractivity (Wildman–Crippen MR) is 71.4 cm³/mol. The fraction of sp³-hybridized carbons (Fsp3) is 0.714. The summed E-state index contributed by atoms with van der Waals surface area (Å²) in [6, 6.07) is 3.10. The van der Waals surface area contributed by atoms with Crippen LogP contribution in [0.25, 0.3) is 0 Å².